The highest BCUT2D eigenvalue weighted by Gasteiger charge is 2.16. The smallest absolute Gasteiger partial charge is 0.243 e. The number of pyridine rings is 1. The number of halogens is 4. The van der Waals surface area contributed by atoms with E-state index in [1.165, 1.54) is 0 Å². The van der Waals surface area contributed by atoms with Gasteiger partial charge in [0.2, 0.25) is 0 Å². The van der Waals surface area contributed by atoms with E-state index in [9.17, 15) is 8.78 Å². The molecule has 0 spiro atoms. The molecule has 1 aromatic heterocycles. The first-order chi connectivity index (χ1) is 6.56. The van der Waals surface area contributed by atoms with Crippen LogP contribution in [0.15, 0.2) is 10.7 Å². The molecular weight excluding hydrogens is 277 g/mol. The molecule has 0 radical (unpaired) electrons. The topological polar surface area (TPSA) is 36.7 Å². The van der Waals surface area contributed by atoms with Crippen LogP contribution in [0.25, 0.3) is 0 Å². The highest BCUT2D eigenvalue weighted by Crippen LogP contribution is 2.32. The minimum Gasteiger partial charge on any atom is -0.243 e. The quantitative estimate of drug-likeness (QED) is 0.778. The number of nitriles is 1. The lowest BCUT2D eigenvalue weighted by Crippen LogP contribution is -1.95. The predicted octanol–water partition coefficient (Wildman–Crippen LogP) is 3.50. The first-order valence-corrected chi connectivity index (χ1v) is 4.73. The fourth-order valence-electron chi connectivity index (χ4n) is 0.900. The van der Waals surface area contributed by atoms with Crippen molar-refractivity contribution in [3.8, 4) is 6.07 Å². The number of alkyl halides is 2. The zero-order chi connectivity index (χ0) is 10.7. The van der Waals surface area contributed by atoms with Crippen molar-refractivity contribution >= 4 is 27.5 Å². The average molecular weight is 281 g/mol. The lowest BCUT2D eigenvalue weighted by molar-refractivity contribution is 0.151. The van der Waals surface area contributed by atoms with Crippen molar-refractivity contribution in [2.75, 3.05) is 0 Å². The van der Waals surface area contributed by atoms with Crippen LogP contribution in [-0.2, 0) is 6.42 Å². The Morgan fingerprint density at radius 3 is 2.79 bits per heavy atom. The van der Waals surface area contributed by atoms with Gasteiger partial charge in [-0.05, 0) is 22.0 Å². The molecule has 6 heteroatoms. The second-order valence-corrected chi connectivity index (χ2v) is 3.57. The Balaban J connectivity index is 3.22. The van der Waals surface area contributed by atoms with Crippen LogP contribution >= 0.6 is 27.5 Å². The second kappa shape index (κ2) is 4.67. The van der Waals surface area contributed by atoms with Crippen molar-refractivity contribution in [2.45, 2.75) is 12.8 Å². The van der Waals surface area contributed by atoms with E-state index in [4.69, 9.17) is 16.9 Å². The van der Waals surface area contributed by atoms with Gasteiger partial charge >= 0.3 is 0 Å². The first kappa shape index (κ1) is 11.3. The summed E-state index contributed by atoms with van der Waals surface area (Å²) in [7, 11) is 0. The fourth-order valence-corrected chi connectivity index (χ4v) is 1.54. The SMILES string of the molecule is N#CCc1cc(C(F)F)c(Cl)c(Br)n1. The summed E-state index contributed by atoms with van der Waals surface area (Å²) in [6.45, 7) is 0. The van der Waals surface area contributed by atoms with E-state index in [1.54, 1.807) is 0 Å². The number of aromatic nitrogens is 1. The molecule has 0 saturated heterocycles. The van der Waals surface area contributed by atoms with Crippen molar-refractivity contribution in [2.24, 2.45) is 0 Å². The van der Waals surface area contributed by atoms with Crippen LogP contribution < -0.4 is 0 Å². The maximum absolute atomic E-state index is 12.4. The van der Waals surface area contributed by atoms with Gasteiger partial charge in [-0.3, -0.25) is 0 Å². The summed E-state index contributed by atoms with van der Waals surface area (Å²) < 4.78 is 25.0. The molecular formula is C8H4BrClF2N2. The van der Waals surface area contributed by atoms with Crippen LogP contribution in [0.2, 0.25) is 5.02 Å². The number of nitrogens with zero attached hydrogens (tertiary/aromatic N) is 2. The Morgan fingerprint density at radius 1 is 1.64 bits per heavy atom. The monoisotopic (exact) mass is 280 g/mol. The summed E-state index contributed by atoms with van der Waals surface area (Å²) in [5.41, 5.74) is -0.0298. The van der Waals surface area contributed by atoms with Gasteiger partial charge in [0.05, 0.1) is 23.2 Å². The molecule has 0 saturated carbocycles. The van der Waals surface area contributed by atoms with Gasteiger partial charge in [-0.1, -0.05) is 11.6 Å². The Morgan fingerprint density at radius 2 is 2.29 bits per heavy atom. The standard InChI is InChI=1S/C8H4BrClF2N2/c9-7-6(10)5(8(11)12)3-4(14-7)1-2-13/h3,8H,1H2. The zero-order valence-electron chi connectivity index (χ0n) is 6.77. The third kappa shape index (κ3) is 2.40. The van der Waals surface area contributed by atoms with Crippen molar-refractivity contribution in [1.82, 2.24) is 4.98 Å². The second-order valence-electron chi connectivity index (χ2n) is 2.44. The van der Waals surface area contributed by atoms with Crippen molar-refractivity contribution in [3.05, 3.63) is 26.9 Å². The highest BCUT2D eigenvalue weighted by molar-refractivity contribution is 9.10. The summed E-state index contributed by atoms with van der Waals surface area (Å²) in [6.07, 6.45) is -2.69. The van der Waals surface area contributed by atoms with Gasteiger partial charge in [0.1, 0.15) is 4.60 Å². The maximum Gasteiger partial charge on any atom is 0.265 e. The molecule has 1 rings (SSSR count). The van der Waals surface area contributed by atoms with E-state index in [1.807, 2.05) is 6.07 Å². The normalized spacial score (nSPS) is 10.3. The lowest BCUT2D eigenvalue weighted by Gasteiger charge is -2.06. The van der Waals surface area contributed by atoms with Gasteiger partial charge in [0.25, 0.3) is 6.43 Å². The van der Waals surface area contributed by atoms with Gasteiger partial charge in [0, 0.05) is 5.56 Å². The summed E-state index contributed by atoms with van der Waals surface area (Å²) in [6, 6.07) is 2.97. The molecule has 0 aromatic carbocycles. The van der Waals surface area contributed by atoms with Crippen LogP contribution in [0.3, 0.4) is 0 Å². The van der Waals surface area contributed by atoms with E-state index in [-0.39, 0.29) is 27.3 Å². The van der Waals surface area contributed by atoms with Crippen LogP contribution in [0.4, 0.5) is 8.78 Å². The minimum absolute atomic E-state index is 0.0184. The molecule has 0 fully saturated rings. The molecule has 0 unspecified atom stereocenters. The molecule has 0 aliphatic rings. The number of hydrogen-bond acceptors (Lipinski definition) is 2. The number of hydrogen-bond donors (Lipinski definition) is 0. The molecule has 0 bridgehead atoms. The van der Waals surface area contributed by atoms with Crippen LogP contribution in [0.5, 0.6) is 0 Å². The molecule has 1 aromatic rings. The zero-order valence-corrected chi connectivity index (χ0v) is 9.11. The molecule has 1 heterocycles. The van der Waals surface area contributed by atoms with Crippen molar-refractivity contribution < 1.29 is 8.78 Å². The molecule has 0 N–H and O–H groups in total. The van der Waals surface area contributed by atoms with E-state index in [0.29, 0.717) is 0 Å². The minimum atomic E-state index is -2.67. The third-order valence-corrected chi connectivity index (χ3v) is 2.69. The Labute approximate surface area is 92.6 Å². The summed E-state index contributed by atoms with van der Waals surface area (Å²) in [5.74, 6) is 0. The van der Waals surface area contributed by atoms with Crippen LogP contribution in [0.1, 0.15) is 17.7 Å². The van der Waals surface area contributed by atoms with E-state index in [2.05, 4.69) is 20.9 Å². The molecule has 0 atom stereocenters. The lowest BCUT2D eigenvalue weighted by atomic mass is 10.2. The van der Waals surface area contributed by atoms with Crippen molar-refractivity contribution in [1.29, 1.82) is 5.26 Å². The third-order valence-electron chi connectivity index (χ3n) is 1.49. The van der Waals surface area contributed by atoms with Crippen LogP contribution in [0, 0.1) is 11.3 Å². The first-order valence-electron chi connectivity index (χ1n) is 3.56. The number of rotatable bonds is 2. The Bertz CT molecular complexity index is 390. The highest BCUT2D eigenvalue weighted by atomic mass is 79.9. The fraction of sp³-hybridized carbons (Fsp3) is 0.250. The van der Waals surface area contributed by atoms with E-state index in [0.717, 1.165) is 6.07 Å². The van der Waals surface area contributed by atoms with Gasteiger partial charge in [-0.25, -0.2) is 13.8 Å². The Kier molecular flexibility index (Phi) is 3.78. The molecule has 0 aliphatic carbocycles. The molecule has 14 heavy (non-hydrogen) atoms. The van der Waals surface area contributed by atoms with Gasteiger partial charge in [-0.2, -0.15) is 5.26 Å². The molecule has 0 amide bonds. The van der Waals surface area contributed by atoms with Gasteiger partial charge < -0.3 is 0 Å². The summed E-state index contributed by atoms with van der Waals surface area (Å²) in [4.78, 5) is 3.83. The Hall–Kier alpha value is -0.730. The molecule has 74 valence electrons. The average Bonchev–Trinajstić information content (AvgIpc) is 2.11. The van der Waals surface area contributed by atoms with Gasteiger partial charge in [0.15, 0.2) is 0 Å². The predicted molar refractivity (Wildman–Crippen MR) is 51.2 cm³/mol. The molecule has 0 aliphatic heterocycles. The van der Waals surface area contributed by atoms with Gasteiger partial charge in [-0.15, -0.1) is 0 Å². The van der Waals surface area contributed by atoms with E-state index >= 15 is 0 Å². The van der Waals surface area contributed by atoms with E-state index < -0.39 is 6.43 Å². The maximum atomic E-state index is 12.4. The van der Waals surface area contributed by atoms with Crippen LogP contribution in [-0.4, -0.2) is 4.98 Å². The molecule has 2 nitrogen and oxygen atoms in total. The summed E-state index contributed by atoms with van der Waals surface area (Å²) in [5, 5.41) is 8.27. The largest absolute Gasteiger partial charge is 0.265 e. The summed E-state index contributed by atoms with van der Waals surface area (Å²) >= 11 is 8.54. The van der Waals surface area contributed by atoms with Crippen molar-refractivity contribution in [3.63, 3.8) is 0 Å².